The van der Waals surface area contributed by atoms with Gasteiger partial charge in [0, 0.05) is 25.4 Å². The fourth-order valence-corrected chi connectivity index (χ4v) is 1.33. The maximum atomic E-state index is 5.58. The van der Waals surface area contributed by atoms with Crippen LogP contribution in [0.25, 0.3) is 0 Å². The van der Waals surface area contributed by atoms with E-state index in [2.05, 4.69) is 4.98 Å². The molecule has 0 aliphatic heterocycles. The second-order valence-corrected chi connectivity index (χ2v) is 3.47. The number of hydrogen-bond donors (Lipinski definition) is 1. The number of ether oxygens (including phenoxy) is 3. The summed E-state index contributed by atoms with van der Waals surface area (Å²) in [5.41, 5.74) is 7.50. The van der Waals surface area contributed by atoms with Crippen molar-refractivity contribution >= 4 is 0 Å². The summed E-state index contributed by atoms with van der Waals surface area (Å²) < 4.78 is 15.6. The number of pyridine rings is 1. The minimum absolute atomic E-state index is 0.434. The molecule has 96 valence electrons. The molecule has 5 heteroatoms. The Bertz CT molecular complexity index is 308. The second kappa shape index (κ2) is 9.07. The Balaban J connectivity index is 2.13. The molecule has 0 spiro atoms. The third kappa shape index (κ3) is 5.74. The van der Waals surface area contributed by atoms with E-state index in [0.717, 1.165) is 11.3 Å². The van der Waals surface area contributed by atoms with Crippen LogP contribution in [-0.4, -0.2) is 38.5 Å². The molecule has 0 aromatic carbocycles. The lowest BCUT2D eigenvalue weighted by atomic mass is 10.2. The first-order valence-electron chi connectivity index (χ1n) is 5.65. The predicted octanol–water partition coefficient (Wildman–Crippen LogP) is 0.720. The standard InChI is InChI=1S/C12H20N2O3/c1-15-5-6-16-7-8-17-10-11-3-2-4-14-12(11)9-13/h2-4H,5-10,13H2,1H3. The SMILES string of the molecule is COCCOCCOCc1cccnc1CN. The zero-order valence-electron chi connectivity index (χ0n) is 10.2. The molecule has 1 heterocycles. The Kier molecular flexibility index (Phi) is 7.49. The number of rotatable bonds is 9. The lowest BCUT2D eigenvalue weighted by Crippen LogP contribution is -2.10. The van der Waals surface area contributed by atoms with Crippen LogP contribution in [0.15, 0.2) is 18.3 Å². The molecule has 17 heavy (non-hydrogen) atoms. The molecule has 1 aromatic heterocycles. The van der Waals surface area contributed by atoms with Gasteiger partial charge in [-0.1, -0.05) is 6.07 Å². The van der Waals surface area contributed by atoms with Gasteiger partial charge in [-0.3, -0.25) is 4.98 Å². The molecule has 0 saturated heterocycles. The van der Waals surface area contributed by atoms with Crippen LogP contribution >= 0.6 is 0 Å². The van der Waals surface area contributed by atoms with Crippen molar-refractivity contribution < 1.29 is 14.2 Å². The summed E-state index contributed by atoms with van der Waals surface area (Å²) in [4.78, 5) is 4.18. The first kappa shape index (κ1) is 14.1. The van der Waals surface area contributed by atoms with E-state index in [9.17, 15) is 0 Å². The molecule has 0 unspecified atom stereocenters. The van der Waals surface area contributed by atoms with Crippen molar-refractivity contribution in [2.75, 3.05) is 33.5 Å². The fraction of sp³-hybridized carbons (Fsp3) is 0.583. The summed E-state index contributed by atoms with van der Waals surface area (Å²) in [6.07, 6.45) is 1.74. The van der Waals surface area contributed by atoms with Gasteiger partial charge in [-0.25, -0.2) is 0 Å². The van der Waals surface area contributed by atoms with Crippen LogP contribution in [0, 0.1) is 0 Å². The Morgan fingerprint density at radius 2 is 1.94 bits per heavy atom. The van der Waals surface area contributed by atoms with Crippen molar-refractivity contribution in [2.24, 2.45) is 5.73 Å². The molecule has 0 fully saturated rings. The predicted molar refractivity (Wildman–Crippen MR) is 64.5 cm³/mol. The van der Waals surface area contributed by atoms with E-state index < -0.39 is 0 Å². The third-order valence-electron chi connectivity index (χ3n) is 2.24. The number of aromatic nitrogens is 1. The van der Waals surface area contributed by atoms with Crippen LogP contribution in [-0.2, 0) is 27.4 Å². The molecule has 0 aliphatic rings. The van der Waals surface area contributed by atoms with Crippen molar-refractivity contribution in [1.29, 1.82) is 0 Å². The van der Waals surface area contributed by atoms with Crippen molar-refractivity contribution in [3.8, 4) is 0 Å². The first-order valence-corrected chi connectivity index (χ1v) is 5.65. The fourth-order valence-electron chi connectivity index (χ4n) is 1.33. The third-order valence-corrected chi connectivity index (χ3v) is 2.24. The van der Waals surface area contributed by atoms with Gasteiger partial charge in [0.05, 0.1) is 38.7 Å². The summed E-state index contributed by atoms with van der Waals surface area (Å²) in [7, 11) is 1.65. The minimum atomic E-state index is 0.434. The number of methoxy groups -OCH3 is 1. The monoisotopic (exact) mass is 240 g/mol. The second-order valence-electron chi connectivity index (χ2n) is 3.47. The van der Waals surface area contributed by atoms with Gasteiger partial charge >= 0.3 is 0 Å². The van der Waals surface area contributed by atoms with Crippen LogP contribution in [0.3, 0.4) is 0 Å². The van der Waals surface area contributed by atoms with E-state index in [1.165, 1.54) is 0 Å². The molecule has 2 N–H and O–H groups in total. The molecular weight excluding hydrogens is 220 g/mol. The van der Waals surface area contributed by atoms with Gasteiger partial charge in [0.15, 0.2) is 0 Å². The lowest BCUT2D eigenvalue weighted by Gasteiger charge is -2.08. The van der Waals surface area contributed by atoms with Crippen LogP contribution in [0.4, 0.5) is 0 Å². The average molecular weight is 240 g/mol. The maximum Gasteiger partial charge on any atom is 0.0736 e. The summed E-state index contributed by atoms with van der Waals surface area (Å²) in [6.45, 7) is 3.29. The van der Waals surface area contributed by atoms with E-state index in [-0.39, 0.29) is 0 Å². The molecule has 0 radical (unpaired) electrons. The zero-order valence-corrected chi connectivity index (χ0v) is 10.2. The van der Waals surface area contributed by atoms with E-state index in [1.54, 1.807) is 13.3 Å². The topological polar surface area (TPSA) is 66.6 Å². The van der Waals surface area contributed by atoms with Crippen LogP contribution in [0.5, 0.6) is 0 Å². The Labute approximate surface area is 102 Å². The summed E-state index contributed by atoms with van der Waals surface area (Å²) in [5, 5.41) is 0. The highest BCUT2D eigenvalue weighted by atomic mass is 16.5. The summed E-state index contributed by atoms with van der Waals surface area (Å²) >= 11 is 0. The highest BCUT2D eigenvalue weighted by molar-refractivity contribution is 5.18. The molecule has 0 aliphatic carbocycles. The van der Waals surface area contributed by atoms with Gasteiger partial charge in [0.1, 0.15) is 0 Å². The zero-order chi connectivity index (χ0) is 12.3. The van der Waals surface area contributed by atoms with E-state index in [4.69, 9.17) is 19.9 Å². The van der Waals surface area contributed by atoms with Crippen LogP contribution < -0.4 is 5.73 Å². The Morgan fingerprint density at radius 3 is 2.71 bits per heavy atom. The van der Waals surface area contributed by atoms with E-state index >= 15 is 0 Å². The van der Waals surface area contributed by atoms with Crippen molar-refractivity contribution in [2.45, 2.75) is 13.2 Å². The largest absolute Gasteiger partial charge is 0.382 e. The van der Waals surface area contributed by atoms with Crippen molar-refractivity contribution in [1.82, 2.24) is 4.98 Å². The number of nitrogens with zero attached hydrogens (tertiary/aromatic N) is 1. The van der Waals surface area contributed by atoms with Gasteiger partial charge in [0.25, 0.3) is 0 Å². The molecule has 5 nitrogen and oxygen atoms in total. The lowest BCUT2D eigenvalue weighted by molar-refractivity contribution is 0.0197. The van der Waals surface area contributed by atoms with Gasteiger partial charge < -0.3 is 19.9 Å². The molecular formula is C12H20N2O3. The van der Waals surface area contributed by atoms with Crippen LogP contribution in [0.2, 0.25) is 0 Å². The molecule has 0 atom stereocenters. The summed E-state index contributed by atoms with van der Waals surface area (Å²) in [6, 6.07) is 3.86. The smallest absolute Gasteiger partial charge is 0.0736 e. The van der Waals surface area contributed by atoms with Gasteiger partial charge in [0.2, 0.25) is 0 Å². The first-order chi connectivity index (χ1) is 8.38. The highest BCUT2D eigenvalue weighted by Gasteiger charge is 2.00. The quantitative estimate of drug-likeness (QED) is 0.644. The van der Waals surface area contributed by atoms with Crippen molar-refractivity contribution in [3.63, 3.8) is 0 Å². The average Bonchev–Trinajstić information content (AvgIpc) is 2.38. The molecule has 1 aromatic rings. The van der Waals surface area contributed by atoms with Gasteiger partial charge in [-0.05, 0) is 6.07 Å². The molecule has 0 amide bonds. The molecule has 0 saturated carbocycles. The Morgan fingerprint density at radius 1 is 1.18 bits per heavy atom. The molecule has 0 bridgehead atoms. The maximum absolute atomic E-state index is 5.58. The number of hydrogen-bond acceptors (Lipinski definition) is 5. The van der Waals surface area contributed by atoms with Crippen LogP contribution in [0.1, 0.15) is 11.3 Å². The minimum Gasteiger partial charge on any atom is -0.382 e. The molecule has 1 rings (SSSR count). The summed E-state index contributed by atoms with van der Waals surface area (Å²) in [5.74, 6) is 0. The van der Waals surface area contributed by atoms with Gasteiger partial charge in [-0.2, -0.15) is 0 Å². The highest BCUT2D eigenvalue weighted by Crippen LogP contribution is 2.05. The van der Waals surface area contributed by atoms with E-state index in [0.29, 0.717) is 39.6 Å². The normalized spacial score (nSPS) is 10.7. The number of nitrogens with two attached hydrogens (primary N) is 1. The Hall–Kier alpha value is -1.01. The van der Waals surface area contributed by atoms with Crippen molar-refractivity contribution in [3.05, 3.63) is 29.6 Å². The van der Waals surface area contributed by atoms with Gasteiger partial charge in [-0.15, -0.1) is 0 Å². The van der Waals surface area contributed by atoms with E-state index in [1.807, 2.05) is 12.1 Å².